The second-order valence-corrected chi connectivity index (χ2v) is 6.89. The number of hydrogen-bond acceptors (Lipinski definition) is 4. The summed E-state index contributed by atoms with van der Waals surface area (Å²) in [5.74, 6) is 3.90. The number of aliphatic imine (C=N–C) groups is 1. The highest BCUT2D eigenvalue weighted by Gasteiger charge is 2.22. The molecule has 1 aliphatic rings. The molecule has 0 aliphatic heterocycles. The zero-order valence-corrected chi connectivity index (χ0v) is 18.8. The van der Waals surface area contributed by atoms with Gasteiger partial charge in [0.05, 0.1) is 18.8 Å². The number of halogens is 1. The van der Waals surface area contributed by atoms with E-state index in [4.69, 9.17) is 9.15 Å². The molecule has 148 valence electrons. The maximum absolute atomic E-state index is 6.03. The van der Waals surface area contributed by atoms with Gasteiger partial charge in [-0.1, -0.05) is 12.1 Å². The van der Waals surface area contributed by atoms with Gasteiger partial charge in [0, 0.05) is 19.2 Å². The van der Waals surface area contributed by atoms with Crippen molar-refractivity contribution in [2.75, 3.05) is 13.7 Å². The maximum atomic E-state index is 6.03. The lowest BCUT2D eigenvalue weighted by atomic mass is 10.1. The summed E-state index contributed by atoms with van der Waals surface area (Å²) < 4.78 is 11.6. The van der Waals surface area contributed by atoms with E-state index in [-0.39, 0.29) is 24.0 Å². The third-order valence-corrected chi connectivity index (χ3v) is 4.54. The first-order valence-corrected chi connectivity index (χ1v) is 9.15. The third kappa shape index (κ3) is 6.41. The van der Waals surface area contributed by atoms with Crippen molar-refractivity contribution in [1.29, 1.82) is 0 Å². The van der Waals surface area contributed by atoms with E-state index in [1.54, 1.807) is 7.05 Å². The van der Waals surface area contributed by atoms with Gasteiger partial charge in [0.15, 0.2) is 5.96 Å². The first-order chi connectivity index (χ1) is 12.5. The van der Waals surface area contributed by atoms with Crippen LogP contribution in [-0.2, 0) is 13.1 Å². The van der Waals surface area contributed by atoms with E-state index in [9.17, 15) is 0 Å². The van der Waals surface area contributed by atoms with Crippen molar-refractivity contribution in [2.24, 2.45) is 10.9 Å². The van der Waals surface area contributed by atoms with Crippen molar-refractivity contribution in [1.82, 2.24) is 15.6 Å². The predicted molar refractivity (Wildman–Crippen MR) is 118 cm³/mol. The van der Waals surface area contributed by atoms with Gasteiger partial charge in [-0.2, -0.15) is 0 Å². The molecule has 3 rings (SSSR count). The molecule has 1 aliphatic carbocycles. The molecule has 0 unspecified atom stereocenters. The van der Waals surface area contributed by atoms with Crippen LogP contribution in [-0.4, -0.2) is 24.6 Å². The molecule has 2 aromatic rings. The number of aromatic nitrogens is 1. The summed E-state index contributed by atoms with van der Waals surface area (Å²) >= 11 is 0. The van der Waals surface area contributed by atoms with E-state index in [1.165, 1.54) is 18.4 Å². The van der Waals surface area contributed by atoms with Crippen LogP contribution in [0.4, 0.5) is 0 Å². The molecule has 1 saturated carbocycles. The molecule has 1 aromatic carbocycles. The van der Waals surface area contributed by atoms with Crippen LogP contribution in [0, 0.1) is 26.7 Å². The lowest BCUT2D eigenvalue weighted by molar-refractivity contribution is 0.296. The van der Waals surface area contributed by atoms with Crippen LogP contribution in [0.1, 0.15) is 41.3 Å². The molecular formula is C20H29IN4O2. The Labute approximate surface area is 178 Å². The van der Waals surface area contributed by atoms with Crippen molar-refractivity contribution in [3.63, 3.8) is 0 Å². The molecule has 0 bridgehead atoms. The van der Waals surface area contributed by atoms with Crippen molar-refractivity contribution >= 4 is 29.9 Å². The number of rotatable bonds is 7. The van der Waals surface area contributed by atoms with Crippen LogP contribution in [0.15, 0.2) is 27.6 Å². The molecule has 1 aromatic heterocycles. The minimum atomic E-state index is 0. The fraction of sp³-hybridized carbons (Fsp3) is 0.500. The molecule has 1 heterocycles. The van der Waals surface area contributed by atoms with Crippen LogP contribution >= 0.6 is 24.0 Å². The van der Waals surface area contributed by atoms with E-state index in [0.29, 0.717) is 24.9 Å². The molecule has 7 heteroatoms. The number of guanidine groups is 1. The topological polar surface area (TPSA) is 71.7 Å². The van der Waals surface area contributed by atoms with Gasteiger partial charge in [0.1, 0.15) is 11.5 Å². The lowest BCUT2D eigenvalue weighted by Gasteiger charge is -2.15. The lowest BCUT2D eigenvalue weighted by Crippen LogP contribution is -2.36. The molecular weight excluding hydrogens is 455 g/mol. The summed E-state index contributed by atoms with van der Waals surface area (Å²) in [4.78, 5) is 8.64. The van der Waals surface area contributed by atoms with Crippen molar-refractivity contribution in [3.05, 3.63) is 46.7 Å². The zero-order valence-electron chi connectivity index (χ0n) is 16.5. The maximum Gasteiger partial charge on any atom is 0.214 e. The van der Waals surface area contributed by atoms with Crippen molar-refractivity contribution < 1.29 is 9.15 Å². The summed E-state index contributed by atoms with van der Waals surface area (Å²) in [7, 11) is 1.75. The average Bonchev–Trinajstić information content (AvgIpc) is 3.39. The van der Waals surface area contributed by atoms with E-state index in [2.05, 4.69) is 45.7 Å². The summed E-state index contributed by atoms with van der Waals surface area (Å²) in [5.41, 5.74) is 3.25. The van der Waals surface area contributed by atoms with Gasteiger partial charge in [0.2, 0.25) is 5.89 Å². The Bertz CT molecular complexity index is 765. The zero-order chi connectivity index (χ0) is 18.5. The largest absolute Gasteiger partial charge is 0.493 e. The van der Waals surface area contributed by atoms with Gasteiger partial charge >= 0.3 is 0 Å². The Balaban J connectivity index is 0.00000261. The molecule has 0 saturated heterocycles. The first kappa shape index (κ1) is 21.5. The van der Waals surface area contributed by atoms with Crippen LogP contribution in [0.5, 0.6) is 5.75 Å². The summed E-state index contributed by atoms with van der Waals surface area (Å²) in [5, 5.41) is 6.56. The summed E-state index contributed by atoms with van der Waals surface area (Å²) in [6.07, 6.45) is 2.57. The highest BCUT2D eigenvalue weighted by Crippen LogP contribution is 2.30. The summed E-state index contributed by atoms with van der Waals surface area (Å²) in [6.45, 7) is 7.89. The highest BCUT2D eigenvalue weighted by molar-refractivity contribution is 14.0. The van der Waals surface area contributed by atoms with Crippen LogP contribution in [0.3, 0.4) is 0 Å². The third-order valence-electron chi connectivity index (χ3n) is 4.54. The Kier molecular flexibility index (Phi) is 7.94. The van der Waals surface area contributed by atoms with Gasteiger partial charge in [-0.05, 0) is 51.2 Å². The average molecular weight is 484 g/mol. The Morgan fingerprint density at radius 3 is 2.59 bits per heavy atom. The first-order valence-electron chi connectivity index (χ1n) is 9.15. The molecule has 27 heavy (non-hydrogen) atoms. The smallest absolute Gasteiger partial charge is 0.214 e. The minimum Gasteiger partial charge on any atom is -0.493 e. The number of benzene rings is 1. The quantitative estimate of drug-likeness (QED) is 0.355. The summed E-state index contributed by atoms with van der Waals surface area (Å²) in [6, 6.07) is 6.32. The van der Waals surface area contributed by atoms with Crippen molar-refractivity contribution in [2.45, 2.75) is 46.7 Å². The Morgan fingerprint density at radius 1 is 1.22 bits per heavy atom. The van der Waals surface area contributed by atoms with Gasteiger partial charge < -0.3 is 19.8 Å². The number of nitrogens with one attached hydrogen (secondary N) is 2. The van der Waals surface area contributed by atoms with Crippen LogP contribution < -0.4 is 15.4 Å². The fourth-order valence-electron chi connectivity index (χ4n) is 2.61. The second kappa shape index (κ2) is 9.96. The van der Waals surface area contributed by atoms with E-state index in [0.717, 1.165) is 35.3 Å². The van der Waals surface area contributed by atoms with Crippen molar-refractivity contribution in [3.8, 4) is 5.75 Å². The van der Waals surface area contributed by atoms with Gasteiger partial charge in [-0.25, -0.2) is 4.98 Å². The fourth-order valence-corrected chi connectivity index (χ4v) is 2.61. The highest BCUT2D eigenvalue weighted by atomic mass is 127. The number of hydrogen-bond donors (Lipinski definition) is 2. The predicted octanol–water partition coefficient (Wildman–Crippen LogP) is 3.87. The molecule has 1 fully saturated rings. The van der Waals surface area contributed by atoms with E-state index in [1.807, 2.05) is 13.8 Å². The normalized spacial score (nSPS) is 13.9. The SMILES string of the molecule is CN=C(NCc1nc(C)c(C)o1)NCc1ccc(C)cc1OCC1CC1.I. The number of oxazole rings is 1. The Hall–Kier alpha value is -1.77. The standard InChI is InChI=1S/C20H28N4O2.HI/c1-13-5-8-17(18(9-13)25-12-16-6-7-16)10-22-20(21-4)23-11-19-24-14(2)15(3)26-19;/h5,8-9,16H,6-7,10-12H2,1-4H3,(H2,21,22,23);1H. The van der Waals surface area contributed by atoms with Gasteiger partial charge in [-0.3, -0.25) is 4.99 Å². The molecule has 0 spiro atoms. The number of nitrogens with zero attached hydrogens (tertiary/aromatic N) is 2. The van der Waals surface area contributed by atoms with Gasteiger partial charge in [-0.15, -0.1) is 24.0 Å². The molecule has 6 nitrogen and oxygen atoms in total. The number of aryl methyl sites for hydroxylation is 3. The van der Waals surface area contributed by atoms with Crippen LogP contribution in [0.25, 0.3) is 0 Å². The molecule has 2 N–H and O–H groups in total. The molecule has 0 amide bonds. The molecule has 0 radical (unpaired) electrons. The second-order valence-electron chi connectivity index (χ2n) is 6.89. The van der Waals surface area contributed by atoms with Crippen LogP contribution in [0.2, 0.25) is 0 Å². The van der Waals surface area contributed by atoms with Gasteiger partial charge in [0.25, 0.3) is 0 Å². The minimum absolute atomic E-state index is 0. The Morgan fingerprint density at radius 2 is 1.96 bits per heavy atom. The van der Waals surface area contributed by atoms with E-state index < -0.39 is 0 Å². The molecule has 0 atom stereocenters. The number of ether oxygens (including phenoxy) is 1. The monoisotopic (exact) mass is 484 g/mol. The van der Waals surface area contributed by atoms with E-state index >= 15 is 0 Å².